The summed E-state index contributed by atoms with van der Waals surface area (Å²) in [4.78, 5) is 12.3. The highest BCUT2D eigenvalue weighted by atomic mass is 31.2. The van der Waals surface area contributed by atoms with Crippen LogP contribution in [0.2, 0.25) is 0 Å². The number of rotatable bonds is 8. The zero-order valence-electron chi connectivity index (χ0n) is 13.3. The van der Waals surface area contributed by atoms with Gasteiger partial charge in [0.15, 0.2) is 5.34 Å². The molecule has 2 atom stereocenters. The first-order valence-electron chi connectivity index (χ1n) is 6.97. The Bertz CT molecular complexity index is 520. The van der Waals surface area contributed by atoms with Gasteiger partial charge in [0, 0.05) is 14.2 Å². The van der Waals surface area contributed by atoms with E-state index in [2.05, 4.69) is 0 Å². The molecule has 22 heavy (non-hydrogen) atoms. The Morgan fingerprint density at radius 1 is 1.27 bits per heavy atom. The average molecular weight is 330 g/mol. The van der Waals surface area contributed by atoms with Crippen molar-refractivity contribution in [2.24, 2.45) is 5.92 Å². The van der Waals surface area contributed by atoms with Crippen LogP contribution in [-0.2, 0) is 29.6 Å². The van der Waals surface area contributed by atoms with E-state index in [0.717, 1.165) is 5.56 Å². The molecule has 0 spiro atoms. The molecule has 7 heteroatoms. The van der Waals surface area contributed by atoms with Gasteiger partial charge in [-0.25, -0.2) is 0 Å². The second kappa shape index (κ2) is 7.88. The van der Waals surface area contributed by atoms with Crippen molar-refractivity contribution in [3.05, 3.63) is 35.9 Å². The van der Waals surface area contributed by atoms with Gasteiger partial charge < -0.3 is 18.9 Å². The average Bonchev–Trinajstić information content (AvgIpc) is 2.52. The molecule has 1 aromatic carbocycles. The molecular formula is C15H23O6P. The lowest BCUT2D eigenvalue weighted by Gasteiger charge is -2.35. The number of carbonyl (C=O) groups is 1. The molecular weight excluding hydrogens is 307 g/mol. The number of carbonyl (C=O) groups excluding carboxylic acids is 1. The lowest BCUT2D eigenvalue weighted by molar-refractivity contribution is -0.154. The van der Waals surface area contributed by atoms with Crippen LogP contribution in [0.1, 0.15) is 19.4 Å². The standard InChI is InChI=1S/C15H23O6P/c1-5-21-14(16)13(11-12-9-7-6-8-10-12)15(2,17)22(18,19-3)20-4/h6-10,13,17H,5,11H2,1-4H3. The molecule has 0 saturated carbocycles. The van der Waals surface area contributed by atoms with Crippen molar-refractivity contribution in [2.45, 2.75) is 25.6 Å². The number of benzene rings is 1. The maximum absolute atomic E-state index is 12.6. The molecule has 124 valence electrons. The van der Waals surface area contributed by atoms with Gasteiger partial charge in [-0.05, 0) is 25.8 Å². The van der Waals surface area contributed by atoms with E-state index >= 15 is 0 Å². The van der Waals surface area contributed by atoms with Crippen LogP contribution < -0.4 is 0 Å². The predicted octanol–water partition coefficient (Wildman–Crippen LogP) is 2.60. The molecule has 0 aliphatic rings. The van der Waals surface area contributed by atoms with Crippen LogP contribution in [0.3, 0.4) is 0 Å². The van der Waals surface area contributed by atoms with Crippen molar-refractivity contribution in [2.75, 3.05) is 20.8 Å². The molecule has 0 heterocycles. The third-order valence-corrected chi connectivity index (χ3v) is 5.93. The van der Waals surface area contributed by atoms with E-state index in [4.69, 9.17) is 13.8 Å². The van der Waals surface area contributed by atoms with Gasteiger partial charge in [0.25, 0.3) is 0 Å². The van der Waals surface area contributed by atoms with E-state index in [0.29, 0.717) is 0 Å². The third-order valence-electron chi connectivity index (χ3n) is 3.55. The summed E-state index contributed by atoms with van der Waals surface area (Å²) in [5.74, 6) is -1.73. The molecule has 1 rings (SSSR count). The molecule has 0 aliphatic carbocycles. The summed E-state index contributed by atoms with van der Waals surface area (Å²) in [7, 11) is -1.56. The highest BCUT2D eigenvalue weighted by molar-refractivity contribution is 7.55. The summed E-state index contributed by atoms with van der Waals surface area (Å²) in [6.45, 7) is 3.09. The largest absolute Gasteiger partial charge is 0.466 e. The normalized spacial score (nSPS) is 15.9. The maximum Gasteiger partial charge on any atom is 0.361 e. The molecule has 1 N–H and O–H groups in total. The van der Waals surface area contributed by atoms with Crippen molar-refractivity contribution in [3.63, 3.8) is 0 Å². The van der Waals surface area contributed by atoms with Gasteiger partial charge >= 0.3 is 13.6 Å². The molecule has 0 amide bonds. The SMILES string of the molecule is CCOC(=O)C(Cc1ccccc1)C(C)(O)P(=O)(OC)OC. The minimum atomic E-state index is -3.90. The molecule has 0 saturated heterocycles. The third kappa shape index (κ3) is 3.96. The van der Waals surface area contributed by atoms with Crippen LogP contribution in [-0.4, -0.2) is 37.2 Å². The second-order valence-corrected chi connectivity index (χ2v) is 7.58. The molecule has 0 aromatic heterocycles. The lowest BCUT2D eigenvalue weighted by atomic mass is 9.94. The predicted molar refractivity (Wildman–Crippen MR) is 82.5 cm³/mol. The first-order chi connectivity index (χ1) is 10.3. The molecule has 2 unspecified atom stereocenters. The zero-order chi connectivity index (χ0) is 16.8. The highest BCUT2D eigenvalue weighted by Crippen LogP contribution is 2.61. The van der Waals surface area contributed by atoms with Gasteiger partial charge in [0.2, 0.25) is 0 Å². The zero-order valence-corrected chi connectivity index (χ0v) is 14.2. The number of esters is 1. The number of ether oxygens (including phenoxy) is 1. The summed E-state index contributed by atoms with van der Waals surface area (Å²) in [6.07, 6.45) is 0.156. The van der Waals surface area contributed by atoms with Crippen LogP contribution in [0, 0.1) is 5.92 Å². The van der Waals surface area contributed by atoms with Gasteiger partial charge in [-0.3, -0.25) is 9.36 Å². The summed E-state index contributed by atoms with van der Waals surface area (Å²) in [6, 6.07) is 9.10. The number of hydrogen-bond acceptors (Lipinski definition) is 6. The van der Waals surface area contributed by atoms with Gasteiger partial charge in [0.05, 0.1) is 6.61 Å². The van der Waals surface area contributed by atoms with E-state index in [-0.39, 0.29) is 13.0 Å². The lowest BCUT2D eigenvalue weighted by Crippen LogP contribution is -2.42. The van der Waals surface area contributed by atoms with Gasteiger partial charge in [-0.15, -0.1) is 0 Å². The van der Waals surface area contributed by atoms with Crippen LogP contribution in [0.4, 0.5) is 0 Å². The van der Waals surface area contributed by atoms with E-state index in [1.807, 2.05) is 30.3 Å². The van der Waals surface area contributed by atoms with Crippen molar-refractivity contribution in [1.29, 1.82) is 0 Å². The fourth-order valence-corrected chi connectivity index (χ4v) is 3.69. The fourth-order valence-electron chi connectivity index (χ4n) is 2.23. The van der Waals surface area contributed by atoms with Gasteiger partial charge in [-0.1, -0.05) is 30.3 Å². The van der Waals surface area contributed by atoms with Gasteiger partial charge in [-0.2, -0.15) is 0 Å². The minimum absolute atomic E-state index is 0.156. The van der Waals surface area contributed by atoms with Crippen molar-refractivity contribution in [1.82, 2.24) is 0 Å². The Balaban J connectivity index is 3.19. The molecule has 1 aromatic rings. The van der Waals surface area contributed by atoms with Crippen molar-refractivity contribution in [3.8, 4) is 0 Å². The van der Waals surface area contributed by atoms with Gasteiger partial charge in [0.1, 0.15) is 5.92 Å². The topological polar surface area (TPSA) is 82.1 Å². The van der Waals surface area contributed by atoms with Crippen LogP contribution in [0.25, 0.3) is 0 Å². The van der Waals surface area contributed by atoms with E-state index < -0.39 is 24.8 Å². The Morgan fingerprint density at radius 2 is 1.82 bits per heavy atom. The maximum atomic E-state index is 12.6. The first kappa shape index (κ1) is 18.8. The quantitative estimate of drug-likeness (QED) is 0.583. The second-order valence-electron chi connectivity index (χ2n) is 4.95. The molecule has 0 aliphatic heterocycles. The van der Waals surface area contributed by atoms with Crippen LogP contribution in [0.15, 0.2) is 30.3 Å². The molecule has 0 radical (unpaired) electrons. The Morgan fingerprint density at radius 3 is 2.27 bits per heavy atom. The first-order valence-corrected chi connectivity index (χ1v) is 8.51. The van der Waals surface area contributed by atoms with Crippen LogP contribution in [0.5, 0.6) is 0 Å². The molecule has 0 fully saturated rings. The van der Waals surface area contributed by atoms with E-state index in [1.165, 1.54) is 21.1 Å². The molecule has 0 bridgehead atoms. The molecule has 6 nitrogen and oxygen atoms in total. The van der Waals surface area contributed by atoms with E-state index in [9.17, 15) is 14.5 Å². The summed E-state index contributed by atoms with van der Waals surface area (Å²) >= 11 is 0. The minimum Gasteiger partial charge on any atom is -0.466 e. The van der Waals surface area contributed by atoms with Crippen molar-refractivity contribution >= 4 is 13.6 Å². The smallest absolute Gasteiger partial charge is 0.361 e. The number of hydrogen-bond donors (Lipinski definition) is 1. The Hall–Kier alpha value is -1.20. The van der Waals surface area contributed by atoms with E-state index in [1.54, 1.807) is 6.92 Å². The van der Waals surface area contributed by atoms with Crippen LogP contribution >= 0.6 is 7.60 Å². The summed E-state index contributed by atoms with van der Waals surface area (Å²) in [5.41, 5.74) is 0.805. The summed E-state index contributed by atoms with van der Waals surface area (Å²) < 4.78 is 27.4. The Kier molecular flexibility index (Phi) is 6.75. The highest BCUT2D eigenvalue weighted by Gasteiger charge is 2.54. The fraction of sp³-hybridized carbons (Fsp3) is 0.533. The monoisotopic (exact) mass is 330 g/mol. The number of aliphatic hydroxyl groups is 1. The summed E-state index contributed by atoms with van der Waals surface area (Å²) in [5, 5.41) is 8.72. The van der Waals surface area contributed by atoms with Crippen molar-refractivity contribution < 1.29 is 28.3 Å². The Labute approximate surface area is 130 Å².